The van der Waals surface area contributed by atoms with Gasteiger partial charge in [0.05, 0.1) is 0 Å². The van der Waals surface area contributed by atoms with Gasteiger partial charge in [0.25, 0.3) is 0 Å². The molecule has 0 unspecified atom stereocenters. The molecule has 0 aromatic heterocycles. The van der Waals surface area contributed by atoms with E-state index in [9.17, 15) is 14.8 Å². The second kappa shape index (κ2) is 7.31. The molecule has 1 aromatic rings. The maximum absolute atomic E-state index is 10.6. The highest BCUT2D eigenvalue weighted by molar-refractivity contribution is 5.86. The first-order valence-corrected chi connectivity index (χ1v) is 6.15. The molecule has 5 nitrogen and oxygen atoms in total. The lowest BCUT2D eigenvalue weighted by atomic mass is 10.0. The Balaban J connectivity index is 2.73. The van der Waals surface area contributed by atoms with Crippen LogP contribution in [-0.4, -0.2) is 16.2 Å². The van der Waals surface area contributed by atoms with Gasteiger partial charge in [-0.15, -0.1) is 4.91 Å². The molecule has 0 atom stereocenters. The van der Waals surface area contributed by atoms with Crippen LogP contribution in [0.3, 0.4) is 0 Å². The van der Waals surface area contributed by atoms with E-state index in [1.807, 2.05) is 24.3 Å². The van der Waals surface area contributed by atoms with Gasteiger partial charge in [-0.3, -0.25) is 0 Å². The van der Waals surface area contributed by atoms with Crippen molar-refractivity contribution in [1.29, 1.82) is 0 Å². The number of nitroso groups, excluding NO2 is 1. The summed E-state index contributed by atoms with van der Waals surface area (Å²) in [5.74, 6) is -1.99. The molecule has 0 aliphatic heterocycles. The summed E-state index contributed by atoms with van der Waals surface area (Å²) in [7, 11) is 0. The molecule has 0 aliphatic carbocycles. The highest BCUT2D eigenvalue weighted by Gasteiger charge is 2.14. The number of carboxylic acid groups (broad SMARTS) is 1. The number of aliphatic hydroxyl groups is 1. The highest BCUT2D eigenvalue weighted by atomic mass is 16.4. The number of hydrogen-bond donors (Lipinski definition) is 2. The van der Waals surface area contributed by atoms with Gasteiger partial charge in [-0.05, 0) is 29.1 Å². The predicted octanol–water partition coefficient (Wildman–Crippen LogP) is 3.19. The Labute approximate surface area is 111 Å². The minimum absolute atomic E-state index is 0.0863. The van der Waals surface area contributed by atoms with Crippen LogP contribution in [0, 0.1) is 4.91 Å². The third-order valence-corrected chi connectivity index (χ3v) is 2.75. The van der Waals surface area contributed by atoms with Gasteiger partial charge in [0.1, 0.15) is 5.76 Å². The number of benzene rings is 1. The van der Waals surface area contributed by atoms with Crippen molar-refractivity contribution in [3.63, 3.8) is 0 Å². The van der Waals surface area contributed by atoms with Gasteiger partial charge < -0.3 is 10.2 Å². The second-order valence-corrected chi connectivity index (χ2v) is 4.26. The second-order valence-electron chi connectivity index (χ2n) is 4.26. The maximum atomic E-state index is 10.6. The fourth-order valence-electron chi connectivity index (χ4n) is 1.83. The zero-order chi connectivity index (χ0) is 14.3. The van der Waals surface area contributed by atoms with Crippen LogP contribution >= 0.6 is 0 Å². The molecule has 19 heavy (non-hydrogen) atoms. The molecule has 0 saturated heterocycles. The highest BCUT2D eigenvalue weighted by Crippen LogP contribution is 2.14. The quantitative estimate of drug-likeness (QED) is 0.449. The van der Waals surface area contributed by atoms with Crippen LogP contribution in [0.15, 0.2) is 40.9 Å². The molecule has 5 heteroatoms. The summed E-state index contributed by atoms with van der Waals surface area (Å²) >= 11 is 0. The average molecular weight is 263 g/mol. The molecule has 0 fully saturated rings. The van der Waals surface area contributed by atoms with Crippen molar-refractivity contribution in [3.05, 3.63) is 51.8 Å². The third kappa shape index (κ3) is 4.54. The molecule has 1 aromatic carbocycles. The number of carbonyl (C=O) groups is 1. The summed E-state index contributed by atoms with van der Waals surface area (Å²) < 4.78 is 0. The number of nitrogens with zero attached hydrogens (tertiary/aromatic N) is 1. The summed E-state index contributed by atoms with van der Waals surface area (Å²) in [6.45, 7) is 2.09. The Kier molecular flexibility index (Phi) is 5.73. The molecule has 1 rings (SSSR count). The topological polar surface area (TPSA) is 87.0 Å². The van der Waals surface area contributed by atoms with Crippen LogP contribution in [-0.2, 0) is 17.6 Å². The predicted molar refractivity (Wildman–Crippen MR) is 71.8 cm³/mol. The summed E-state index contributed by atoms with van der Waals surface area (Å²) in [4.78, 5) is 20.9. The van der Waals surface area contributed by atoms with Crippen LogP contribution in [0.25, 0.3) is 0 Å². The summed E-state index contributed by atoms with van der Waals surface area (Å²) in [5.41, 5.74) is 1.38. The fourth-order valence-corrected chi connectivity index (χ4v) is 1.83. The molecule has 0 radical (unpaired) electrons. The number of aliphatic carboxylic acids is 1. The van der Waals surface area contributed by atoms with Crippen LogP contribution in [0.2, 0.25) is 0 Å². The molecule has 0 spiro atoms. The molecule has 0 bridgehead atoms. The molecular weight excluding hydrogens is 246 g/mol. The number of aliphatic hydroxyl groups excluding tert-OH is 1. The van der Waals surface area contributed by atoms with E-state index in [0.717, 1.165) is 18.4 Å². The molecule has 102 valence electrons. The lowest BCUT2D eigenvalue weighted by Crippen LogP contribution is -2.03. The molecular formula is C14H17NO4. The van der Waals surface area contributed by atoms with Crippen molar-refractivity contribution in [2.45, 2.75) is 32.6 Å². The van der Waals surface area contributed by atoms with E-state index in [1.165, 1.54) is 5.56 Å². The number of allylic oxidation sites excluding steroid dienone is 1. The Morgan fingerprint density at radius 2 is 1.84 bits per heavy atom. The van der Waals surface area contributed by atoms with Gasteiger partial charge in [0.15, 0.2) is 0 Å². The van der Waals surface area contributed by atoms with E-state index in [4.69, 9.17) is 5.11 Å². The average Bonchev–Trinajstić information content (AvgIpc) is 2.37. The molecule has 2 N–H and O–H groups in total. The van der Waals surface area contributed by atoms with E-state index in [1.54, 1.807) is 0 Å². The van der Waals surface area contributed by atoms with E-state index < -0.39 is 17.4 Å². The lowest BCUT2D eigenvalue weighted by Gasteiger charge is -2.05. The van der Waals surface area contributed by atoms with Crippen LogP contribution < -0.4 is 0 Å². The molecule has 0 amide bonds. The van der Waals surface area contributed by atoms with Crippen molar-refractivity contribution >= 4 is 5.97 Å². The van der Waals surface area contributed by atoms with E-state index in [-0.39, 0.29) is 6.42 Å². The first-order chi connectivity index (χ1) is 9.08. The monoisotopic (exact) mass is 263 g/mol. The van der Waals surface area contributed by atoms with E-state index >= 15 is 0 Å². The van der Waals surface area contributed by atoms with Gasteiger partial charge in [-0.2, -0.15) is 0 Å². The Hall–Kier alpha value is -2.17. The van der Waals surface area contributed by atoms with Gasteiger partial charge in [-0.1, -0.05) is 37.6 Å². The fraction of sp³-hybridized carbons (Fsp3) is 0.357. The number of hydrogen-bond acceptors (Lipinski definition) is 4. The van der Waals surface area contributed by atoms with Crippen LogP contribution in [0.5, 0.6) is 0 Å². The first-order valence-electron chi connectivity index (χ1n) is 6.15. The van der Waals surface area contributed by atoms with Crippen molar-refractivity contribution in [2.75, 3.05) is 0 Å². The first kappa shape index (κ1) is 14.9. The van der Waals surface area contributed by atoms with E-state index in [2.05, 4.69) is 12.1 Å². The van der Waals surface area contributed by atoms with Crippen molar-refractivity contribution in [2.24, 2.45) is 5.18 Å². The minimum atomic E-state index is -1.51. The number of aryl methyl sites for hydroxylation is 2. The molecule has 0 heterocycles. The zero-order valence-corrected chi connectivity index (χ0v) is 10.8. The smallest absolute Gasteiger partial charge is 0.361 e. The van der Waals surface area contributed by atoms with Crippen molar-refractivity contribution in [1.82, 2.24) is 0 Å². The number of rotatable bonds is 7. The van der Waals surface area contributed by atoms with Crippen LogP contribution in [0.1, 0.15) is 30.9 Å². The summed E-state index contributed by atoms with van der Waals surface area (Å²) in [6, 6.07) is 7.88. The maximum Gasteiger partial charge on any atom is 0.361 e. The number of carboxylic acids is 1. The van der Waals surface area contributed by atoms with Gasteiger partial charge >= 0.3 is 5.97 Å². The Morgan fingerprint density at radius 3 is 2.37 bits per heavy atom. The largest absolute Gasteiger partial charge is 0.510 e. The van der Waals surface area contributed by atoms with Crippen LogP contribution in [0.4, 0.5) is 0 Å². The van der Waals surface area contributed by atoms with Crippen molar-refractivity contribution < 1.29 is 15.0 Å². The third-order valence-electron chi connectivity index (χ3n) is 2.75. The normalized spacial score (nSPS) is 11.8. The minimum Gasteiger partial charge on any atom is -0.510 e. The lowest BCUT2D eigenvalue weighted by molar-refractivity contribution is -0.132. The summed E-state index contributed by atoms with van der Waals surface area (Å²) in [5, 5.41) is 20.5. The van der Waals surface area contributed by atoms with Gasteiger partial charge in [0, 0.05) is 6.42 Å². The van der Waals surface area contributed by atoms with E-state index in [0.29, 0.717) is 6.42 Å². The Morgan fingerprint density at radius 1 is 1.21 bits per heavy atom. The van der Waals surface area contributed by atoms with Gasteiger partial charge in [-0.25, -0.2) is 4.79 Å². The Bertz CT molecular complexity index is 494. The van der Waals surface area contributed by atoms with Gasteiger partial charge in [0.2, 0.25) is 5.70 Å². The molecule has 0 aliphatic rings. The SMILES string of the molecule is CCCc1cccc(CC/C(O)=C(\N=O)C(=O)O)c1. The zero-order valence-electron chi connectivity index (χ0n) is 10.8. The standard InChI is InChI=1S/C14H17NO4/c1-2-4-10-5-3-6-11(9-10)7-8-12(16)13(15-19)14(17)18/h3,5-6,9,16H,2,4,7-8H2,1H3,(H,17,18)/b13-12+. The van der Waals surface area contributed by atoms with Crippen molar-refractivity contribution in [3.8, 4) is 0 Å². The molecule has 0 saturated carbocycles. The summed E-state index contributed by atoms with van der Waals surface area (Å²) in [6.07, 6.45) is 2.58.